The van der Waals surface area contributed by atoms with Gasteiger partial charge in [-0.05, 0) is 60.6 Å². The van der Waals surface area contributed by atoms with Crippen molar-refractivity contribution in [3.05, 3.63) is 52.5 Å². The van der Waals surface area contributed by atoms with E-state index < -0.39 is 0 Å². The molecule has 0 fully saturated rings. The summed E-state index contributed by atoms with van der Waals surface area (Å²) in [6.07, 6.45) is 0.467. The number of hydrogen-bond donors (Lipinski definition) is 3. The van der Waals surface area contributed by atoms with E-state index in [1.807, 2.05) is 13.8 Å². The van der Waals surface area contributed by atoms with Crippen LogP contribution in [0.2, 0.25) is 0 Å². The zero-order valence-corrected chi connectivity index (χ0v) is 18.2. The van der Waals surface area contributed by atoms with Gasteiger partial charge in [0.2, 0.25) is 5.91 Å². The number of halogens is 1. The molecule has 0 aliphatic carbocycles. The lowest BCUT2D eigenvalue weighted by atomic mass is 10.1. The van der Waals surface area contributed by atoms with Crippen LogP contribution in [0, 0.1) is 5.92 Å². The molecule has 0 aliphatic rings. The van der Waals surface area contributed by atoms with Crippen molar-refractivity contribution in [1.82, 2.24) is 5.32 Å². The van der Waals surface area contributed by atoms with Crippen LogP contribution in [0.4, 0.5) is 11.4 Å². The number of nitrogens with one attached hydrogen (secondary N) is 3. The van der Waals surface area contributed by atoms with Crippen LogP contribution in [0.3, 0.4) is 0 Å². The fourth-order valence-corrected chi connectivity index (χ4v) is 2.98. The number of methoxy groups -OCH3 is 1. The van der Waals surface area contributed by atoms with Gasteiger partial charge < -0.3 is 15.4 Å². The molecule has 0 unspecified atom stereocenters. The Hall–Kier alpha value is -2.45. The minimum Gasteiger partial charge on any atom is -0.496 e. The van der Waals surface area contributed by atoms with E-state index in [9.17, 15) is 9.59 Å². The van der Waals surface area contributed by atoms with Crippen molar-refractivity contribution in [2.24, 2.45) is 5.92 Å². The molecule has 0 atom stereocenters. The van der Waals surface area contributed by atoms with E-state index in [1.54, 1.807) is 42.5 Å². The summed E-state index contributed by atoms with van der Waals surface area (Å²) >= 11 is 8.55. The summed E-state index contributed by atoms with van der Waals surface area (Å²) in [6, 6.07) is 12.2. The van der Waals surface area contributed by atoms with Crippen LogP contribution < -0.4 is 20.7 Å². The van der Waals surface area contributed by atoms with E-state index in [1.165, 1.54) is 7.11 Å². The van der Waals surface area contributed by atoms with Crippen molar-refractivity contribution in [2.75, 3.05) is 17.7 Å². The third-order valence-electron chi connectivity index (χ3n) is 3.65. The standard InChI is InChI=1S/C20H22BrN3O3S/c1-12(2)10-18(25)22-14-5-7-15(8-6-14)23-20(28)24-19(26)16-11-13(21)4-9-17(16)27-3/h4-9,11-12H,10H2,1-3H3,(H,22,25)(H2,23,24,26,28). The monoisotopic (exact) mass is 463 g/mol. The number of amides is 2. The summed E-state index contributed by atoms with van der Waals surface area (Å²) in [6.45, 7) is 3.98. The molecule has 8 heteroatoms. The Morgan fingerprint density at radius 1 is 1.07 bits per heavy atom. The predicted octanol–water partition coefficient (Wildman–Crippen LogP) is 4.57. The van der Waals surface area contributed by atoms with Gasteiger partial charge in [-0.2, -0.15) is 0 Å². The molecule has 0 saturated carbocycles. The number of ether oxygens (including phenoxy) is 1. The van der Waals surface area contributed by atoms with E-state index >= 15 is 0 Å². The molecule has 2 amide bonds. The maximum Gasteiger partial charge on any atom is 0.261 e. The first-order valence-electron chi connectivity index (χ1n) is 8.64. The highest BCUT2D eigenvalue weighted by Gasteiger charge is 2.14. The van der Waals surface area contributed by atoms with Crippen LogP contribution in [0.15, 0.2) is 46.9 Å². The molecule has 0 heterocycles. The van der Waals surface area contributed by atoms with Crippen molar-refractivity contribution >= 4 is 56.4 Å². The van der Waals surface area contributed by atoms with E-state index in [4.69, 9.17) is 17.0 Å². The molecule has 6 nitrogen and oxygen atoms in total. The van der Waals surface area contributed by atoms with E-state index in [2.05, 4.69) is 31.9 Å². The second kappa shape index (κ2) is 10.2. The van der Waals surface area contributed by atoms with Crippen LogP contribution in [0.5, 0.6) is 5.75 Å². The van der Waals surface area contributed by atoms with Crippen LogP contribution in [0.1, 0.15) is 30.6 Å². The summed E-state index contributed by atoms with van der Waals surface area (Å²) in [7, 11) is 1.50. The van der Waals surface area contributed by atoms with Gasteiger partial charge in [0, 0.05) is 22.3 Å². The summed E-state index contributed by atoms with van der Waals surface area (Å²) in [5.41, 5.74) is 1.75. The maximum absolute atomic E-state index is 12.5. The number of rotatable bonds is 6. The third kappa shape index (κ3) is 6.61. The van der Waals surface area contributed by atoms with Crippen molar-refractivity contribution < 1.29 is 14.3 Å². The number of thiocarbonyl (C=S) groups is 1. The van der Waals surface area contributed by atoms with Gasteiger partial charge in [0.15, 0.2) is 5.11 Å². The van der Waals surface area contributed by atoms with Crippen LogP contribution >= 0.6 is 28.1 Å². The summed E-state index contributed by atoms with van der Waals surface area (Å²) in [5, 5.41) is 8.56. The molecule has 2 aromatic rings. The Labute approximate surface area is 178 Å². The highest BCUT2D eigenvalue weighted by Crippen LogP contribution is 2.23. The molecular weight excluding hydrogens is 442 g/mol. The zero-order valence-electron chi connectivity index (χ0n) is 15.8. The lowest BCUT2D eigenvalue weighted by Gasteiger charge is -2.12. The summed E-state index contributed by atoms with van der Waals surface area (Å²) < 4.78 is 5.97. The van der Waals surface area contributed by atoms with Crippen LogP contribution in [-0.2, 0) is 4.79 Å². The topological polar surface area (TPSA) is 79.5 Å². The quantitative estimate of drug-likeness (QED) is 0.546. The molecule has 28 heavy (non-hydrogen) atoms. The largest absolute Gasteiger partial charge is 0.496 e. The smallest absolute Gasteiger partial charge is 0.261 e. The molecule has 0 bridgehead atoms. The van der Waals surface area contributed by atoms with Gasteiger partial charge in [-0.15, -0.1) is 0 Å². The molecule has 0 radical (unpaired) electrons. The molecule has 148 valence electrons. The molecule has 0 aliphatic heterocycles. The zero-order chi connectivity index (χ0) is 20.7. The first-order chi connectivity index (χ1) is 13.3. The summed E-state index contributed by atoms with van der Waals surface area (Å²) in [5.74, 6) is 0.338. The second-order valence-corrected chi connectivity index (χ2v) is 7.80. The van der Waals surface area contributed by atoms with E-state index in [0.717, 1.165) is 4.47 Å². The number of carbonyl (C=O) groups excluding carboxylic acids is 2. The summed E-state index contributed by atoms with van der Waals surface area (Å²) in [4.78, 5) is 24.3. The average molecular weight is 464 g/mol. The number of carbonyl (C=O) groups is 2. The molecular formula is C20H22BrN3O3S. The molecule has 2 rings (SSSR count). The second-order valence-electron chi connectivity index (χ2n) is 6.48. The SMILES string of the molecule is COc1ccc(Br)cc1C(=O)NC(=S)Nc1ccc(NC(=O)CC(C)C)cc1. The minimum absolute atomic E-state index is 0.0264. The molecule has 3 N–H and O–H groups in total. The minimum atomic E-state index is -0.381. The number of hydrogen-bond acceptors (Lipinski definition) is 4. The predicted molar refractivity (Wildman–Crippen MR) is 119 cm³/mol. The van der Waals surface area contributed by atoms with Gasteiger partial charge in [0.25, 0.3) is 5.91 Å². The lowest BCUT2D eigenvalue weighted by molar-refractivity contribution is -0.116. The van der Waals surface area contributed by atoms with Crippen molar-refractivity contribution in [2.45, 2.75) is 20.3 Å². The Kier molecular flexibility index (Phi) is 7.95. The van der Waals surface area contributed by atoms with Gasteiger partial charge in [-0.25, -0.2) is 0 Å². The van der Waals surface area contributed by atoms with Gasteiger partial charge in [0.05, 0.1) is 12.7 Å². The normalized spacial score (nSPS) is 10.3. The Morgan fingerprint density at radius 2 is 1.68 bits per heavy atom. The maximum atomic E-state index is 12.5. The third-order valence-corrected chi connectivity index (χ3v) is 4.35. The molecule has 0 saturated heterocycles. The molecule has 2 aromatic carbocycles. The number of anilines is 2. The van der Waals surface area contributed by atoms with Crippen LogP contribution in [-0.4, -0.2) is 24.0 Å². The average Bonchev–Trinajstić information content (AvgIpc) is 2.62. The van der Waals surface area contributed by atoms with Gasteiger partial charge in [-0.3, -0.25) is 14.9 Å². The fraction of sp³-hybridized carbons (Fsp3) is 0.250. The van der Waals surface area contributed by atoms with E-state index in [0.29, 0.717) is 35.0 Å². The lowest BCUT2D eigenvalue weighted by Crippen LogP contribution is -2.34. The molecule has 0 aromatic heterocycles. The fourth-order valence-electron chi connectivity index (χ4n) is 2.41. The van der Waals surface area contributed by atoms with Crippen molar-refractivity contribution in [1.29, 1.82) is 0 Å². The van der Waals surface area contributed by atoms with Crippen molar-refractivity contribution in [3.63, 3.8) is 0 Å². The first kappa shape index (κ1) is 21.8. The highest BCUT2D eigenvalue weighted by atomic mass is 79.9. The first-order valence-corrected chi connectivity index (χ1v) is 9.84. The highest BCUT2D eigenvalue weighted by molar-refractivity contribution is 9.10. The van der Waals surface area contributed by atoms with Gasteiger partial charge >= 0.3 is 0 Å². The number of benzene rings is 2. The van der Waals surface area contributed by atoms with Gasteiger partial charge in [0.1, 0.15) is 5.75 Å². The molecule has 0 spiro atoms. The Balaban J connectivity index is 1.95. The van der Waals surface area contributed by atoms with Crippen LogP contribution in [0.25, 0.3) is 0 Å². The van der Waals surface area contributed by atoms with E-state index in [-0.39, 0.29) is 16.9 Å². The Morgan fingerprint density at radius 3 is 2.25 bits per heavy atom. The van der Waals surface area contributed by atoms with Gasteiger partial charge in [-0.1, -0.05) is 29.8 Å². The van der Waals surface area contributed by atoms with Crippen molar-refractivity contribution in [3.8, 4) is 5.75 Å². The Bertz CT molecular complexity index is 869.